The third kappa shape index (κ3) is 4.17. The molecule has 6 heteroatoms. The number of carbonyl (C=O) groups is 1. The normalized spacial score (nSPS) is 22.5. The van der Waals surface area contributed by atoms with E-state index in [1.54, 1.807) is 0 Å². The third-order valence-electron chi connectivity index (χ3n) is 5.60. The monoisotopic (exact) mass is 404 g/mol. The quantitative estimate of drug-likeness (QED) is 0.733. The fraction of sp³-hybridized carbons (Fsp3) is 0.409. The van der Waals surface area contributed by atoms with Crippen LogP contribution in [-0.4, -0.2) is 24.2 Å². The summed E-state index contributed by atoms with van der Waals surface area (Å²) in [6.07, 6.45) is 0.525. The van der Waals surface area contributed by atoms with Crippen LogP contribution in [-0.2, 0) is 9.53 Å². The van der Waals surface area contributed by atoms with E-state index in [-0.39, 0.29) is 24.4 Å². The molecule has 2 aromatic rings. The molecule has 0 aromatic heterocycles. The zero-order chi connectivity index (χ0) is 19.7. The Morgan fingerprint density at radius 2 is 1.64 bits per heavy atom. The van der Waals surface area contributed by atoms with Crippen LogP contribution in [0, 0.1) is 12.3 Å². The van der Waals surface area contributed by atoms with Crippen LogP contribution in [0.15, 0.2) is 48.5 Å². The van der Waals surface area contributed by atoms with Gasteiger partial charge in [0.1, 0.15) is 17.0 Å². The molecule has 0 heterocycles. The summed E-state index contributed by atoms with van der Waals surface area (Å²) in [5.74, 6) is 1.30. The number of hydrogen-bond donors (Lipinski definition) is 2. The van der Waals surface area contributed by atoms with E-state index < -0.39 is 11.0 Å². The van der Waals surface area contributed by atoms with E-state index in [1.165, 1.54) is 5.56 Å². The van der Waals surface area contributed by atoms with Gasteiger partial charge in [-0.2, -0.15) is 0 Å². The summed E-state index contributed by atoms with van der Waals surface area (Å²) in [6, 6.07) is 15.1. The molecule has 0 saturated heterocycles. The summed E-state index contributed by atoms with van der Waals surface area (Å²) in [5.41, 5.74) is 6.94. The SMILES string of the molecule is CCOC1CC(N)(C(=O)Nc2ccc(Oc3ccc(C)cc3)cc2)C1(C)C.Cl. The van der Waals surface area contributed by atoms with Crippen LogP contribution >= 0.6 is 12.4 Å². The Labute approximate surface area is 173 Å². The van der Waals surface area contributed by atoms with Gasteiger partial charge in [-0.1, -0.05) is 31.5 Å². The average Bonchev–Trinajstić information content (AvgIpc) is 2.64. The van der Waals surface area contributed by atoms with Gasteiger partial charge in [-0.25, -0.2) is 0 Å². The Kier molecular flexibility index (Phi) is 6.75. The number of hydrogen-bond acceptors (Lipinski definition) is 4. The van der Waals surface area contributed by atoms with Crippen LogP contribution in [0.3, 0.4) is 0 Å². The molecule has 0 spiro atoms. The van der Waals surface area contributed by atoms with E-state index in [4.69, 9.17) is 15.2 Å². The summed E-state index contributed by atoms with van der Waals surface area (Å²) in [4.78, 5) is 12.8. The number of benzene rings is 2. The fourth-order valence-electron chi connectivity index (χ4n) is 3.41. The van der Waals surface area contributed by atoms with Crippen molar-refractivity contribution >= 4 is 24.0 Å². The molecule has 1 aliphatic rings. The Morgan fingerprint density at radius 3 is 2.14 bits per heavy atom. The number of nitrogens with one attached hydrogen (secondary N) is 1. The molecule has 0 aliphatic heterocycles. The molecule has 28 heavy (non-hydrogen) atoms. The minimum Gasteiger partial charge on any atom is -0.457 e. The molecule has 0 radical (unpaired) electrons. The number of carbonyl (C=O) groups excluding carboxylic acids is 1. The summed E-state index contributed by atoms with van der Waals surface area (Å²) in [5, 5.41) is 2.93. The first-order valence-corrected chi connectivity index (χ1v) is 9.33. The highest BCUT2D eigenvalue weighted by molar-refractivity contribution is 5.99. The second-order valence-corrected chi connectivity index (χ2v) is 7.73. The van der Waals surface area contributed by atoms with Crippen molar-refractivity contribution in [1.82, 2.24) is 0 Å². The maximum Gasteiger partial charge on any atom is 0.245 e. The standard InChI is InChI=1S/C22H28N2O3.ClH/c1-5-26-19-14-22(23,21(19,3)4)20(25)24-16-8-12-18(13-9-16)27-17-10-6-15(2)7-11-17;/h6-13,19H,5,14,23H2,1-4H3,(H,24,25);1H. The predicted molar refractivity (Wildman–Crippen MR) is 114 cm³/mol. The van der Waals surface area contributed by atoms with Gasteiger partial charge in [0.05, 0.1) is 6.10 Å². The molecule has 5 nitrogen and oxygen atoms in total. The minimum atomic E-state index is -0.941. The largest absolute Gasteiger partial charge is 0.457 e. The molecule has 1 saturated carbocycles. The molecule has 152 valence electrons. The van der Waals surface area contributed by atoms with Gasteiger partial charge in [-0.15, -0.1) is 12.4 Å². The highest BCUT2D eigenvalue weighted by Crippen LogP contribution is 2.50. The predicted octanol–water partition coefficient (Wildman–Crippen LogP) is 4.68. The topological polar surface area (TPSA) is 73.6 Å². The van der Waals surface area contributed by atoms with Crippen molar-refractivity contribution in [3.05, 3.63) is 54.1 Å². The maximum atomic E-state index is 12.8. The fourth-order valence-corrected chi connectivity index (χ4v) is 3.41. The van der Waals surface area contributed by atoms with Crippen LogP contribution in [0.5, 0.6) is 11.5 Å². The average molecular weight is 405 g/mol. The van der Waals surface area contributed by atoms with Gasteiger partial charge in [-0.05, 0) is 50.2 Å². The smallest absolute Gasteiger partial charge is 0.245 e. The number of nitrogens with two attached hydrogens (primary N) is 1. The lowest BCUT2D eigenvalue weighted by atomic mass is 9.54. The lowest BCUT2D eigenvalue weighted by Crippen LogP contribution is -2.74. The van der Waals surface area contributed by atoms with Crippen molar-refractivity contribution in [1.29, 1.82) is 0 Å². The van der Waals surface area contributed by atoms with Gasteiger partial charge in [0.15, 0.2) is 0 Å². The Hall–Kier alpha value is -2.08. The van der Waals surface area contributed by atoms with E-state index in [9.17, 15) is 4.79 Å². The number of halogens is 1. The second-order valence-electron chi connectivity index (χ2n) is 7.73. The van der Waals surface area contributed by atoms with E-state index in [1.807, 2.05) is 76.2 Å². The summed E-state index contributed by atoms with van der Waals surface area (Å²) < 4.78 is 11.5. The van der Waals surface area contributed by atoms with Crippen LogP contribution in [0.25, 0.3) is 0 Å². The molecule has 2 aromatic carbocycles. The summed E-state index contributed by atoms with van der Waals surface area (Å²) in [6.45, 7) is 8.57. The number of aryl methyl sites for hydroxylation is 1. The van der Waals surface area contributed by atoms with Crippen molar-refractivity contribution in [3.63, 3.8) is 0 Å². The third-order valence-corrected chi connectivity index (χ3v) is 5.60. The van der Waals surface area contributed by atoms with Gasteiger partial charge in [0.2, 0.25) is 5.91 Å². The molecule has 3 rings (SSSR count). The van der Waals surface area contributed by atoms with Gasteiger partial charge in [0.25, 0.3) is 0 Å². The molecular weight excluding hydrogens is 376 g/mol. The van der Waals surface area contributed by atoms with Crippen LogP contribution in [0.4, 0.5) is 5.69 Å². The minimum absolute atomic E-state index is 0. The van der Waals surface area contributed by atoms with E-state index in [0.717, 1.165) is 5.75 Å². The molecule has 1 fully saturated rings. The van der Waals surface area contributed by atoms with E-state index in [0.29, 0.717) is 24.5 Å². The second kappa shape index (κ2) is 8.52. The van der Waals surface area contributed by atoms with Gasteiger partial charge in [0, 0.05) is 24.1 Å². The lowest BCUT2D eigenvalue weighted by Gasteiger charge is -2.57. The summed E-state index contributed by atoms with van der Waals surface area (Å²) in [7, 11) is 0. The first kappa shape index (κ1) is 22.2. The number of ether oxygens (including phenoxy) is 2. The van der Waals surface area contributed by atoms with Crippen molar-refractivity contribution in [2.75, 3.05) is 11.9 Å². The number of amides is 1. The zero-order valence-corrected chi connectivity index (χ0v) is 17.6. The molecular formula is C22H29ClN2O3. The van der Waals surface area contributed by atoms with E-state index >= 15 is 0 Å². The van der Waals surface area contributed by atoms with E-state index in [2.05, 4.69) is 5.32 Å². The molecule has 1 aliphatic carbocycles. The van der Waals surface area contributed by atoms with Crippen molar-refractivity contribution < 1.29 is 14.3 Å². The zero-order valence-electron chi connectivity index (χ0n) is 16.8. The van der Waals surface area contributed by atoms with Gasteiger partial charge >= 0.3 is 0 Å². The first-order valence-electron chi connectivity index (χ1n) is 9.33. The Morgan fingerprint density at radius 1 is 1.11 bits per heavy atom. The van der Waals surface area contributed by atoms with Gasteiger partial charge in [-0.3, -0.25) is 4.79 Å². The van der Waals surface area contributed by atoms with Crippen molar-refractivity contribution in [2.45, 2.75) is 45.8 Å². The van der Waals surface area contributed by atoms with Crippen LogP contribution in [0.1, 0.15) is 32.8 Å². The number of rotatable bonds is 6. The van der Waals surface area contributed by atoms with Crippen molar-refractivity contribution in [3.8, 4) is 11.5 Å². The lowest BCUT2D eigenvalue weighted by molar-refractivity contribution is -0.166. The highest BCUT2D eigenvalue weighted by atomic mass is 35.5. The molecule has 2 atom stereocenters. The maximum absolute atomic E-state index is 12.8. The first-order chi connectivity index (χ1) is 12.8. The summed E-state index contributed by atoms with van der Waals surface area (Å²) >= 11 is 0. The highest BCUT2D eigenvalue weighted by Gasteiger charge is 2.62. The Bertz CT molecular complexity index is 806. The van der Waals surface area contributed by atoms with Crippen molar-refractivity contribution in [2.24, 2.45) is 11.1 Å². The molecule has 3 N–H and O–H groups in total. The number of anilines is 1. The Balaban J connectivity index is 0.00000280. The van der Waals surface area contributed by atoms with Crippen LogP contribution in [0.2, 0.25) is 0 Å². The van der Waals surface area contributed by atoms with Crippen LogP contribution < -0.4 is 15.8 Å². The molecule has 0 bridgehead atoms. The molecule has 2 unspecified atom stereocenters. The van der Waals surface area contributed by atoms with Gasteiger partial charge < -0.3 is 20.5 Å². The molecule has 1 amide bonds.